The van der Waals surface area contributed by atoms with Crippen LogP contribution < -0.4 is 16.0 Å². The molecule has 0 saturated carbocycles. The van der Waals surface area contributed by atoms with Crippen molar-refractivity contribution >= 4 is 39.2 Å². The number of anilines is 2. The zero-order chi connectivity index (χ0) is 22.6. The molecule has 0 atom stereocenters. The molecule has 1 saturated heterocycles. The van der Waals surface area contributed by atoms with Gasteiger partial charge in [0.2, 0.25) is 17.6 Å². The molecule has 0 unspecified atom stereocenters. The number of hydrogen-bond acceptors (Lipinski definition) is 7. The number of halogens is 2. The molecular weight excluding hydrogens is 483 g/mol. The maximum absolute atomic E-state index is 13.5. The van der Waals surface area contributed by atoms with E-state index in [1.807, 2.05) is 30.3 Å². The van der Waals surface area contributed by atoms with Gasteiger partial charge in [0.1, 0.15) is 5.82 Å². The van der Waals surface area contributed by atoms with Crippen LogP contribution in [0.1, 0.15) is 24.1 Å². The van der Waals surface area contributed by atoms with Crippen LogP contribution in [0.4, 0.5) is 15.9 Å². The van der Waals surface area contributed by atoms with Gasteiger partial charge in [-0.3, -0.25) is 4.79 Å². The Kier molecular flexibility index (Phi) is 6.47. The summed E-state index contributed by atoms with van der Waals surface area (Å²) in [4.78, 5) is 13.5. The van der Waals surface area contributed by atoms with Gasteiger partial charge in [0, 0.05) is 5.69 Å². The van der Waals surface area contributed by atoms with Gasteiger partial charge in [-0.2, -0.15) is 0 Å². The van der Waals surface area contributed by atoms with Crippen LogP contribution in [-0.4, -0.2) is 40.4 Å². The topological polar surface area (TPSA) is 125 Å². The van der Waals surface area contributed by atoms with Crippen LogP contribution in [0.2, 0.25) is 0 Å². The SMILES string of the molecule is O=C(Nc1nonc1/C(=N\O)Nc1ccc(F)c(Br)c1)C1(c2ccccc2)CCNCC1. The third-order valence-corrected chi connectivity index (χ3v) is 6.05. The van der Waals surface area contributed by atoms with E-state index in [9.17, 15) is 14.4 Å². The number of oxime groups is 1. The highest BCUT2D eigenvalue weighted by atomic mass is 79.9. The van der Waals surface area contributed by atoms with Crippen molar-refractivity contribution in [1.82, 2.24) is 15.6 Å². The number of amidine groups is 1. The Morgan fingerprint density at radius 3 is 2.59 bits per heavy atom. The number of hydrogen-bond donors (Lipinski definition) is 4. The number of carbonyl (C=O) groups is 1. The Labute approximate surface area is 191 Å². The van der Waals surface area contributed by atoms with Gasteiger partial charge >= 0.3 is 0 Å². The molecule has 0 bridgehead atoms. The average Bonchev–Trinajstić information content (AvgIpc) is 3.28. The van der Waals surface area contributed by atoms with Crippen LogP contribution in [0, 0.1) is 5.82 Å². The van der Waals surface area contributed by atoms with E-state index < -0.39 is 11.2 Å². The van der Waals surface area contributed by atoms with E-state index in [0.29, 0.717) is 31.6 Å². The minimum atomic E-state index is -0.755. The molecule has 1 aromatic heterocycles. The standard InChI is InChI=1S/C21H20BrFN6O3/c22-15-12-14(6-7-16(15)23)25-18(27-31)17-19(29-32-28-17)26-20(30)21(8-10-24-11-9-21)13-4-2-1-3-5-13/h1-7,12,24,31H,8-11H2,(H,25,27)(H,26,29,30). The number of benzene rings is 2. The molecule has 2 heterocycles. The van der Waals surface area contributed by atoms with Crippen LogP contribution in [-0.2, 0) is 10.2 Å². The second-order valence-corrected chi connectivity index (χ2v) is 8.17. The molecule has 32 heavy (non-hydrogen) atoms. The predicted octanol–water partition coefficient (Wildman–Crippen LogP) is 3.48. The van der Waals surface area contributed by atoms with Crippen molar-refractivity contribution in [2.75, 3.05) is 23.7 Å². The summed E-state index contributed by atoms with van der Waals surface area (Å²) in [5, 5.41) is 29.2. The molecule has 0 radical (unpaired) electrons. The maximum atomic E-state index is 13.5. The predicted molar refractivity (Wildman–Crippen MR) is 119 cm³/mol. The number of aromatic nitrogens is 2. The van der Waals surface area contributed by atoms with E-state index in [0.717, 1.165) is 5.56 Å². The molecular formula is C21H20BrFN6O3. The second-order valence-electron chi connectivity index (χ2n) is 7.32. The van der Waals surface area contributed by atoms with Crippen LogP contribution in [0.25, 0.3) is 0 Å². The molecule has 0 spiro atoms. The average molecular weight is 503 g/mol. The van der Waals surface area contributed by atoms with Crippen LogP contribution in [0.5, 0.6) is 0 Å². The van der Waals surface area contributed by atoms with Crippen molar-refractivity contribution < 1.29 is 19.0 Å². The minimum absolute atomic E-state index is 0.00144. The van der Waals surface area contributed by atoms with Gasteiger partial charge < -0.3 is 21.2 Å². The van der Waals surface area contributed by atoms with E-state index >= 15 is 0 Å². The summed E-state index contributed by atoms with van der Waals surface area (Å²) < 4.78 is 18.5. The van der Waals surface area contributed by atoms with Gasteiger partial charge in [0.15, 0.2) is 5.69 Å². The van der Waals surface area contributed by atoms with Crippen molar-refractivity contribution in [2.45, 2.75) is 18.3 Å². The molecule has 1 aliphatic heterocycles. The lowest BCUT2D eigenvalue weighted by Gasteiger charge is -2.36. The minimum Gasteiger partial charge on any atom is -0.409 e. The Morgan fingerprint density at radius 1 is 1.16 bits per heavy atom. The van der Waals surface area contributed by atoms with Gasteiger partial charge in [-0.1, -0.05) is 35.5 Å². The smallest absolute Gasteiger partial charge is 0.236 e. The van der Waals surface area contributed by atoms with E-state index in [1.54, 1.807) is 0 Å². The van der Waals surface area contributed by atoms with E-state index in [1.165, 1.54) is 18.2 Å². The highest BCUT2D eigenvalue weighted by Crippen LogP contribution is 2.35. The van der Waals surface area contributed by atoms with Gasteiger partial charge in [0.05, 0.1) is 9.89 Å². The fourth-order valence-corrected chi connectivity index (χ4v) is 4.13. The first-order chi connectivity index (χ1) is 15.5. The molecule has 0 aliphatic carbocycles. The van der Waals surface area contributed by atoms with Crippen molar-refractivity contribution in [2.24, 2.45) is 5.16 Å². The highest BCUT2D eigenvalue weighted by Gasteiger charge is 2.42. The third kappa shape index (κ3) is 4.34. The third-order valence-electron chi connectivity index (χ3n) is 5.45. The molecule has 11 heteroatoms. The largest absolute Gasteiger partial charge is 0.409 e. The Balaban J connectivity index is 1.59. The van der Waals surface area contributed by atoms with Crippen LogP contribution in [0.3, 0.4) is 0 Å². The van der Waals surface area contributed by atoms with Crippen molar-refractivity contribution in [3.05, 3.63) is 70.1 Å². The van der Waals surface area contributed by atoms with Crippen molar-refractivity contribution in [3.8, 4) is 0 Å². The summed E-state index contributed by atoms with van der Waals surface area (Å²) in [6.07, 6.45) is 1.21. The van der Waals surface area contributed by atoms with Gasteiger partial charge in [-0.15, -0.1) is 0 Å². The quantitative estimate of drug-likeness (QED) is 0.182. The summed E-state index contributed by atoms with van der Waals surface area (Å²) in [5.74, 6) is -0.823. The van der Waals surface area contributed by atoms with Crippen LogP contribution >= 0.6 is 15.9 Å². The summed E-state index contributed by atoms with van der Waals surface area (Å²) in [6.45, 7) is 1.38. The van der Waals surface area contributed by atoms with E-state index in [-0.39, 0.29) is 27.7 Å². The summed E-state index contributed by atoms with van der Waals surface area (Å²) in [7, 11) is 0. The fraction of sp³-hybridized carbons (Fsp3) is 0.238. The normalized spacial score (nSPS) is 15.9. The zero-order valence-electron chi connectivity index (χ0n) is 16.8. The summed E-state index contributed by atoms with van der Waals surface area (Å²) in [5.41, 5.74) is 0.570. The van der Waals surface area contributed by atoms with Gasteiger partial charge in [-0.25, -0.2) is 9.02 Å². The number of amides is 1. The first kappa shape index (κ1) is 21.9. The number of piperidine rings is 1. The maximum Gasteiger partial charge on any atom is 0.236 e. The number of nitrogens with one attached hydrogen (secondary N) is 3. The number of carbonyl (C=O) groups excluding carboxylic acids is 1. The Hall–Kier alpha value is -3.31. The molecule has 1 amide bonds. The van der Waals surface area contributed by atoms with Gasteiger partial charge in [-0.05, 0) is 75.9 Å². The first-order valence-electron chi connectivity index (χ1n) is 9.88. The zero-order valence-corrected chi connectivity index (χ0v) is 18.4. The molecule has 4 N–H and O–H groups in total. The monoisotopic (exact) mass is 502 g/mol. The lowest BCUT2D eigenvalue weighted by Crippen LogP contribution is -2.48. The molecule has 2 aromatic carbocycles. The molecule has 3 aromatic rings. The van der Waals surface area contributed by atoms with Crippen molar-refractivity contribution in [1.29, 1.82) is 0 Å². The van der Waals surface area contributed by atoms with Crippen molar-refractivity contribution in [3.63, 3.8) is 0 Å². The molecule has 9 nitrogen and oxygen atoms in total. The van der Waals surface area contributed by atoms with E-state index in [4.69, 9.17) is 4.63 Å². The Bertz CT molecular complexity index is 1130. The summed E-state index contributed by atoms with van der Waals surface area (Å²) in [6, 6.07) is 13.7. The lowest BCUT2D eigenvalue weighted by atomic mass is 9.72. The molecule has 1 fully saturated rings. The van der Waals surface area contributed by atoms with Gasteiger partial charge in [0.25, 0.3) is 0 Å². The highest BCUT2D eigenvalue weighted by molar-refractivity contribution is 9.10. The number of nitrogens with zero attached hydrogens (tertiary/aromatic N) is 3. The summed E-state index contributed by atoms with van der Waals surface area (Å²) >= 11 is 3.10. The lowest BCUT2D eigenvalue weighted by molar-refractivity contribution is -0.122. The fourth-order valence-electron chi connectivity index (χ4n) is 3.75. The number of rotatable bonds is 5. The molecule has 166 valence electrons. The van der Waals surface area contributed by atoms with E-state index in [2.05, 4.69) is 47.3 Å². The molecule has 1 aliphatic rings. The Morgan fingerprint density at radius 2 is 1.91 bits per heavy atom. The second kappa shape index (κ2) is 9.45. The molecule has 4 rings (SSSR count). The first-order valence-corrected chi connectivity index (χ1v) is 10.7. The van der Waals surface area contributed by atoms with Crippen LogP contribution in [0.15, 0.2) is 62.8 Å².